The standard InChI is InChI=1S/C13H14N4O/c1-8(2)12-14-5-6-17(12)9-3-4-10-11(7-9)16-13(18)15-10/h3-9H,1-2H3,(H,16,18). The quantitative estimate of drug-likeness (QED) is 0.864. The minimum atomic E-state index is -0.295. The van der Waals surface area contributed by atoms with Gasteiger partial charge in [-0.15, -0.1) is 0 Å². The number of fused-ring (bicyclic) bond motifs is 1. The molecule has 0 saturated carbocycles. The highest BCUT2D eigenvalue weighted by Crippen LogP contribution is 2.24. The molecule has 0 fully saturated rings. The lowest BCUT2D eigenvalue weighted by molar-refractivity contribution is 0.253. The van der Waals surface area contributed by atoms with Gasteiger partial charge in [0.25, 0.3) is 0 Å². The first kappa shape index (κ1) is 11.0. The molecule has 1 N–H and O–H groups in total. The average molecular weight is 242 g/mol. The third kappa shape index (κ3) is 1.68. The van der Waals surface area contributed by atoms with Crippen LogP contribution < -0.4 is 5.32 Å². The Morgan fingerprint density at radius 3 is 3.06 bits per heavy atom. The Bertz CT molecular complexity index is 592. The summed E-state index contributed by atoms with van der Waals surface area (Å²) in [4.78, 5) is 19.4. The number of imidazole rings is 1. The number of nitrogens with zero attached hydrogens (tertiary/aromatic N) is 3. The van der Waals surface area contributed by atoms with Crippen molar-refractivity contribution >= 4 is 11.7 Å². The number of urea groups is 1. The third-order valence-corrected chi connectivity index (χ3v) is 3.06. The SMILES string of the molecule is CC(C)c1nccn1C1C=CC2=NC(=O)NC2=C1. The lowest BCUT2D eigenvalue weighted by atomic mass is 10.1. The molecule has 18 heavy (non-hydrogen) atoms. The molecule has 1 aromatic rings. The van der Waals surface area contributed by atoms with Crippen LogP contribution in [0.5, 0.6) is 0 Å². The van der Waals surface area contributed by atoms with Crippen molar-refractivity contribution in [1.82, 2.24) is 14.9 Å². The fourth-order valence-electron chi connectivity index (χ4n) is 2.24. The van der Waals surface area contributed by atoms with E-state index in [-0.39, 0.29) is 12.1 Å². The number of allylic oxidation sites excluding steroid dienone is 3. The molecule has 5 heteroatoms. The predicted octanol–water partition coefficient (Wildman–Crippen LogP) is 2.17. The van der Waals surface area contributed by atoms with Crippen LogP contribution in [0.4, 0.5) is 4.79 Å². The van der Waals surface area contributed by atoms with E-state index in [0.29, 0.717) is 11.6 Å². The van der Waals surface area contributed by atoms with Crippen molar-refractivity contribution in [3.05, 3.63) is 42.1 Å². The van der Waals surface area contributed by atoms with Crippen LogP contribution in [-0.2, 0) is 0 Å². The Kier molecular flexibility index (Phi) is 2.40. The minimum Gasteiger partial charge on any atom is -0.324 e. The highest BCUT2D eigenvalue weighted by Gasteiger charge is 2.23. The van der Waals surface area contributed by atoms with Gasteiger partial charge in [0.15, 0.2) is 0 Å². The summed E-state index contributed by atoms with van der Waals surface area (Å²) in [6.45, 7) is 4.23. The summed E-state index contributed by atoms with van der Waals surface area (Å²) in [7, 11) is 0. The molecular weight excluding hydrogens is 228 g/mol. The minimum absolute atomic E-state index is 0.0808. The maximum absolute atomic E-state index is 11.2. The van der Waals surface area contributed by atoms with Gasteiger partial charge in [0.2, 0.25) is 0 Å². The summed E-state index contributed by atoms with van der Waals surface area (Å²) in [5.74, 6) is 1.39. The zero-order chi connectivity index (χ0) is 12.7. The Morgan fingerprint density at radius 2 is 2.28 bits per heavy atom. The Hall–Kier alpha value is -2.17. The van der Waals surface area contributed by atoms with Crippen LogP contribution in [0.3, 0.4) is 0 Å². The summed E-state index contributed by atoms with van der Waals surface area (Å²) in [6, 6.07) is -0.214. The van der Waals surface area contributed by atoms with Gasteiger partial charge < -0.3 is 9.88 Å². The monoisotopic (exact) mass is 242 g/mol. The Balaban J connectivity index is 1.96. The second-order valence-electron chi connectivity index (χ2n) is 4.70. The van der Waals surface area contributed by atoms with E-state index in [1.165, 1.54) is 0 Å². The largest absolute Gasteiger partial charge is 0.346 e. The van der Waals surface area contributed by atoms with Crippen LogP contribution in [-0.4, -0.2) is 21.3 Å². The average Bonchev–Trinajstić information content (AvgIpc) is 2.91. The molecule has 0 saturated heterocycles. The predicted molar refractivity (Wildman–Crippen MR) is 68.5 cm³/mol. The van der Waals surface area contributed by atoms with Crippen molar-refractivity contribution in [2.24, 2.45) is 4.99 Å². The molecule has 0 bridgehead atoms. The summed E-state index contributed by atoms with van der Waals surface area (Å²) >= 11 is 0. The van der Waals surface area contributed by atoms with Gasteiger partial charge in [-0.3, -0.25) is 0 Å². The molecule has 1 aliphatic heterocycles. The van der Waals surface area contributed by atoms with Gasteiger partial charge >= 0.3 is 6.03 Å². The number of aliphatic imine (C=N–C) groups is 1. The van der Waals surface area contributed by atoms with E-state index in [2.05, 4.69) is 33.7 Å². The van der Waals surface area contributed by atoms with Crippen molar-refractivity contribution in [2.75, 3.05) is 0 Å². The van der Waals surface area contributed by atoms with Crippen LogP contribution in [0.2, 0.25) is 0 Å². The summed E-state index contributed by atoms with van der Waals surface area (Å²) in [6.07, 6.45) is 9.66. The van der Waals surface area contributed by atoms with Crippen molar-refractivity contribution in [3.63, 3.8) is 0 Å². The molecule has 0 aromatic carbocycles. The highest BCUT2D eigenvalue weighted by atomic mass is 16.2. The lowest BCUT2D eigenvalue weighted by Crippen LogP contribution is -2.19. The molecule has 1 unspecified atom stereocenters. The second-order valence-corrected chi connectivity index (χ2v) is 4.70. The first-order valence-electron chi connectivity index (χ1n) is 5.98. The normalized spacial score (nSPS) is 21.7. The first-order valence-corrected chi connectivity index (χ1v) is 5.98. The van der Waals surface area contributed by atoms with Crippen LogP contribution in [0.1, 0.15) is 31.6 Å². The highest BCUT2D eigenvalue weighted by molar-refractivity contribution is 6.18. The summed E-state index contributed by atoms with van der Waals surface area (Å²) in [5, 5.41) is 2.73. The van der Waals surface area contributed by atoms with Crippen LogP contribution >= 0.6 is 0 Å². The van der Waals surface area contributed by atoms with Gasteiger partial charge in [-0.1, -0.05) is 19.9 Å². The van der Waals surface area contributed by atoms with Crippen LogP contribution in [0.15, 0.2) is 41.3 Å². The van der Waals surface area contributed by atoms with Gasteiger partial charge in [0, 0.05) is 18.3 Å². The number of aromatic nitrogens is 2. The van der Waals surface area contributed by atoms with Gasteiger partial charge in [0.1, 0.15) is 5.82 Å². The maximum Gasteiger partial charge on any atom is 0.346 e. The number of carbonyl (C=O) groups is 1. The van der Waals surface area contributed by atoms with E-state index in [9.17, 15) is 4.79 Å². The number of rotatable bonds is 2. The summed E-state index contributed by atoms with van der Waals surface area (Å²) < 4.78 is 2.11. The van der Waals surface area contributed by atoms with Gasteiger partial charge in [-0.25, -0.2) is 9.78 Å². The molecular formula is C13H14N4O. The first-order chi connectivity index (χ1) is 8.65. The fourth-order valence-corrected chi connectivity index (χ4v) is 2.24. The van der Waals surface area contributed by atoms with Crippen LogP contribution in [0.25, 0.3) is 0 Å². The Labute approximate surface area is 105 Å². The molecule has 5 nitrogen and oxygen atoms in total. The van der Waals surface area contributed by atoms with Gasteiger partial charge in [-0.05, 0) is 12.2 Å². The molecule has 0 spiro atoms. The van der Waals surface area contributed by atoms with E-state index < -0.39 is 0 Å². The zero-order valence-corrected chi connectivity index (χ0v) is 10.3. The third-order valence-electron chi connectivity index (χ3n) is 3.06. The zero-order valence-electron chi connectivity index (χ0n) is 10.3. The Morgan fingerprint density at radius 1 is 1.44 bits per heavy atom. The van der Waals surface area contributed by atoms with E-state index in [1.807, 2.05) is 24.4 Å². The van der Waals surface area contributed by atoms with Gasteiger partial charge in [0.05, 0.1) is 17.5 Å². The van der Waals surface area contributed by atoms with E-state index in [0.717, 1.165) is 11.5 Å². The molecule has 1 aliphatic carbocycles. The molecule has 2 heterocycles. The molecule has 1 atom stereocenters. The molecule has 2 aliphatic rings. The van der Waals surface area contributed by atoms with Crippen molar-refractivity contribution < 1.29 is 4.79 Å². The van der Waals surface area contributed by atoms with Gasteiger partial charge in [-0.2, -0.15) is 4.99 Å². The van der Waals surface area contributed by atoms with Crippen molar-refractivity contribution in [1.29, 1.82) is 0 Å². The lowest BCUT2D eigenvalue weighted by Gasteiger charge is -2.19. The van der Waals surface area contributed by atoms with Crippen molar-refractivity contribution in [2.45, 2.75) is 25.8 Å². The second kappa shape index (κ2) is 3.94. The fraction of sp³-hybridized carbons (Fsp3) is 0.308. The molecule has 3 rings (SSSR count). The molecule has 92 valence electrons. The van der Waals surface area contributed by atoms with Crippen molar-refractivity contribution in [3.8, 4) is 0 Å². The van der Waals surface area contributed by atoms with E-state index in [4.69, 9.17) is 0 Å². The summed E-state index contributed by atoms with van der Waals surface area (Å²) in [5.41, 5.74) is 1.50. The topological polar surface area (TPSA) is 59.3 Å². The molecule has 0 radical (unpaired) electrons. The number of hydrogen-bond acceptors (Lipinski definition) is 2. The maximum atomic E-state index is 11.2. The van der Waals surface area contributed by atoms with Crippen LogP contribution in [0, 0.1) is 0 Å². The number of nitrogens with one attached hydrogen (secondary N) is 1. The smallest absolute Gasteiger partial charge is 0.324 e. The molecule has 2 amide bonds. The number of carbonyl (C=O) groups excluding carboxylic acids is 1. The number of amides is 2. The van der Waals surface area contributed by atoms with E-state index >= 15 is 0 Å². The van der Waals surface area contributed by atoms with E-state index in [1.54, 1.807) is 6.20 Å². The molecule has 1 aromatic heterocycles. The number of hydrogen-bond donors (Lipinski definition) is 1.